The van der Waals surface area contributed by atoms with E-state index < -0.39 is 23.0 Å². The summed E-state index contributed by atoms with van der Waals surface area (Å²) in [6, 6.07) is 4.39. The van der Waals surface area contributed by atoms with Gasteiger partial charge in [-0.25, -0.2) is 9.59 Å². The molecule has 1 unspecified atom stereocenters. The molecule has 31 heavy (non-hydrogen) atoms. The number of esters is 1. The average Bonchev–Trinajstić information content (AvgIpc) is 2.74. The third-order valence-electron chi connectivity index (χ3n) is 5.29. The van der Waals surface area contributed by atoms with Gasteiger partial charge in [0.25, 0.3) is 5.69 Å². The molecular weight excluding hydrogens is 406 g/mol. The minimum absolute atomic E-state index is 0.0134. The van der Waals surface area contributed by atoms with Gasteiger partial charge in [-0.05, 0) is 24.6 Å². The first-order valence-electron chi connectivity index (χ1n) is 10.00. The standard InChI is InChI=1S/C20H25N5O6/c1-3-31-19(27)17-16(12-23-8-10-24(11-9-23)13(2)26)21-20(28)22-18(17)14-4-6-15(7-5-14)25(29)30/h4-7,18H,3,8-12H2,1-2H3,(H2,21,22,28). The number of nitrogens with one attached hydrogen (secondary N) is 2. The van der Waals surface area contributed by atoms with Crippen molar-refractivity contribution in [3.8, 4) is 0 Å². The van der Waals surface area contributed by atoms with Crippen LogP contribution in [0.15, 0.2) is 35.5 Å². The van der Waals surface area contributed by atoms with E-state index in [2.05, 4.69) is 10.6 Å². The Balaban J connectivity index is 1.90. The van der Waals surface area contributed by atoms with Gasteiger partial charge in [0.05, 0.1) is 23.1 Å². The van der Waals surface area contributed by atoms with Crippen molar-refractivity contribution in [2.75, 3.05) is 39.3 Å². The van der Waals surface area contributed by atoms with Crippen molar-refractivity contribution in [1.82, 2.24) is 20.4 Å². The Kier molecular flexibility index (Phi) is 6.85. The van der Waals surface area contributed by atoms with Gasteiger partial charge in [0, 0.05) is 57.5 Å². The maximum atomic E-state index is 12.8. The van der Waals surface area contributed by atoms with E-state index in [0.717, 1.165) is 0 Å². The van der Waals surface area contributed by atoms with Crippen molar-refractivity contribution in [1.29, 1.82) is 0 Å². The second kappa shape index (κ2) is 9.56. The predicted molar refractivity (Wildman–Crippen MR) is 110 cm³/mol. The highest BCUT2D eigenvalue weighted by atomic mass is 16.6. The topological polar surface area (TPSA) is 134 Å². The summed E-state index contributed by atoms with van der Waals surface area (Å²) in [6.45, 7) is 6.01. The number of nitrogens with zero attached hydrogens (tertiary/aromatic N) is 3. The third-order valence-corrected chi connectivity index (χ3v) is 5.29. The lowest BCUT2D eigenvalue weighted by atomic mass is 9.94. The van der Waals surface area contributed by atoms with Crippen molar-refractivity contribution in [3.05, 3.63) is 51.2 Å². The molecule has 2 N–H and O–H groups in total. The van der Waals surface area contributed by atoms with Gasteiger partial charge in [0.2, 0.25) is 5.91 Å². The lowest BCUT2D eigenvalue weighted by Crippen LogP contribution is -2.52. The molecule has 0 radical (unpaired) electrons. The monoisotopic (exact) mass is 431 g/mol. The highest BCUT2D eigenvalue weighted by Gasteiger charge is 2.35. The number of hydrogen-bond acceptors (Lipinski definition) is 7. The van der Waals surface area contributed by atoms with E-state index in [9.17, 15) is 24.5 Å². The van der Waals surface area contributed by atoms with Gasteiger partial charge in [0.15, 0.2) is 0 Å². The highest BCUT2D eigenvalue weighted by Crippen LogP contribution is 2.29. The van der Waals surface area contributed by atoms with Gasteiger partial charge >= 0.3 is 12.0 Å². The summed E-state index contributed by atoms with van der Waals surface area (Å²) in [5, 5.41) is 16.4. The SMILES string of the molecule is CCOC(=O)C1=C(CN2CCN(C(C)=O)CC2)NC(=O)NC1c1ccc([N+](=O)[O-])cc1. The highest BCUT2D eigenvalue weighted by molar-refractivity contribution is 5.95. The molecule has 0 bridgehead atoms. The van der Waals surface area contributed by atoms with E-state index in [0.29, 0.717) is 44.0 Å². The zero-order chi connectivity index (χ0) is 22.5. The van der Waals surface area contributed by atoms with Crippen LogP contribution in [0.3, 0.4) is 0 Å². The molecular formula is C20H25N5O6. The van der Waals surface area contributed by atoms with Crippen LogP contribution in [0.1, 0.15) is 25.5 Å². The fraction of sp³-hybridized carbons (Fsp3) is 0.450. The lowest BCUT2D eigenvalue weighted by molar-refractivity contribution is -0.384. The number of ether oxygens (including phenoxy) is 1. The Labute approximate surface area is 179 Å². The number of hydrogen-bond donors (Lipinski definition) is 2. The molecule has 2 aliphatic heterocycles. The summed E-state index contributed by atoms with van der Waals surface area (Å²) in [7, 11) is 0. The van der Waals surface area contributed by atoms with E-state index in [4.69, 9.17) is 4.74 Å². The molecule has 0 aliphatic carbocycles. The Morgan fingerprint density at radius 1 is 1.19 bits per heavy atom. The fourth-order valence-corrected chi connectivity index (χ4v) is 3.68. The number of non-ortho nitro benzene ring substituents is 1. The summed E-state index contributed by atoms with van der Waals surface area (Å²) < 4.78 is 5.23. The van der Waals surface area contributed by atoms with Crippen LogP contribution in [-0.2, 0) is 14.3 Å². The van der Waals surface area contributed by atoms with E-state index >= 15 is 0 Å². The quantitative estimate of drug-likeness (QED) is 0.389. The molecule has 1 aromatic carbocycles. The summed E-state index contributed by atoms with van der Waals surface area (Å²) in [4.78, 5) is 50.9. The molecule has 1 aromatic rings. The number of amides is 3. The van der Waals surface area contributed by atoms with Crippen LogP contribution in [0.25, 0.3) is 0 Å². The predicted octanol–water partition coefficient (Wildman–Crippen LogP) is 0.930. The normalized spacial score (nSPS) is 19.5. The zero-order valence-corrected chi connectivity index (χ0v) is 17.4. The Bertz CT molecular complexity index is 905. The van der Waals surface area contributed by atoms with Crippen LogP contribution in [0.2, 0.25) is 0 Å². The van der Waals surface area contributed by atoms with Crippen molar-refractivity contribution in [2.45, 2.75) is 19.9 Å². The van der Waals surface area contributed by atoms with Gasteiger partial charge in [-0.2, -0.15) is 0 Å². The van der Waals surface area contributed by atoms with Crippen LogP contribution in [-0.4, -0.2) is 72.0 Å². The molecule has 0 spiro atoms. The van der Waals surface area contributed by atoms with Crippen molar-refractivity contribution in [3.63, 3.8) is 0 Å². The second-order valence-electron chi connectivity index (χ2n) is 7.28. The van der Waals surface area contributed by atoms with E-state index in [1.54, 1.807) is 11.8 Å². The summed E-state index contributed by atoms with van der Waals surface area (Å²) in [5.41, 5.74) is 1.11. The molecule has 2 aliphatic rings. The third kappa shape index (κ3) is 5.18. The van der Waals surface area contributed by atoms with Crippen LogP contribution >= 0.6 is 0 Å². The fourth-order valence-electron chi connectivity index (χ4n) is 3.68. The number of nitro groups is 1. The number of benzene rings is 1. The average molecular weight is 431 g/mol. The Morgan fingerprint density at radius 3 is 2.39 bits per heavy atom. The molecule has 2 heterocycles. The first-order valence-corrected chi connectivity index (χ1v) is 10.00. The van der Waals surface area contributed by atoms with Crippen LogP contribution in [0.4, 0.5) is 10.5 Å². The van der Waals surface area contributed by atoms with Crippen LogP contribution in [0, 0.1) is 10.1 Å². The summed E-state index contributed by atoms with van der Waals surface area (Å²) in [5.74, 6) is -0.560. The zero-order valence-electron chi connectivity index (χ0n) is 17.4. The Morgan fingerprint density at radius 2 is 1.84 bits per heavy atom. The number of urea groups is 1. The van der Waals surface area contributed by atoms with Gasteiger partial charge in [0.1, 0.15) is 0 Å². The molecule has 3 amide bonds. The smallest absolute Gasteiger partial charge is 0.338 e. The van der Waals surface area contributed by atoms with Gasteiger partial charge < -0.3 is 20.3 Å². The molecule has 1 saturated heterocycles. The molecule has 0 aromatic heterocycles. The first kappa shape index (κ1) is 22.2. The van der Waals surface area contributed by atoms with Gasteiger partial charge in [-0.1, -0.05) is 0 Å². The maximum absolute atomic E-state index is 12.8. The molecule has 1 atom stereocenters. The number of rotatable bonds is 6. The second-order valence-corrected chi connectivity index (χ2v) is 7.28. The maximum Gasteiger partial charge on any atom is 0.338 e. The minimum atomic E-state index is -0.804. The van der Waals surface area contributed by atoms with E-state index in [1.165, 1.54) is 31.2 Å². The number of carbonyl (C=O) groups excluding carboxylic acids is 3. The summed E-state index contributed by atoms with van der Waals surface area (Å²) >= 11 is 0. The van der Waals surface area contributed by atoms with Crippen LogP contribution in [0.5, 0.6) is 0 Å². The number of nitro benzene ring substituents is 1. The minimum Gasteiger partial charge on any atom is -0.463 e. The van der Waals surface area contributed by atoms with Crippen LogP contribution < -0.4 is 10.6 Å². The molecule has 11 nitrogen and oxygen atoms in total. The number of piperazine rings is 1. The van der Waals surface area contributed by atoms with E-state index in [1.807, 2.05) is 4.90 Å². The number of carbonyl (C=O) groups is 3. The van der Waals surface area contributed by atoms with E-state index in [-0.39, 0.29) is 23.8 Å². The summed E-state index contributed by atoms with van der Waals surface area (Å²) in [6.07, 6.45) is 0. The Hall–Kier alpha value is -3.47. The van der Waals surface area contributed by atoms with Crippen molar-refractivity contribution < 1.29 is 24.0 Å². The van der Waals surface area contributed by atoms with Gasteiger partial charge in [-0.15, -0.1) is 0 Å². The van der Waals surface area contributed by atoms with Crippen molar-refractivity contribution >= 4 is 23.6 Å². The molecule has 166 valence electrons. The molecule has 1 fully saturated rings. The molecule has 11 heteroatoms. The molecule has 3 rings (SSSR count). The first-order chi connectivity index (χ1) is 14.8. The lowest BCUT2D eigenvalue weighted by Gasteiger charge is -2.36. The van der Waals surface area contributed by atoms with Crippen molar-refractivity contribution in [2.24, 2.45) is 0 Å². The van der Waals surface area contributed by atoms with Gasteiger partial charge in [-0.3, -0.25) is 19.8 Å². The largest absolute Gasteiger partial charge is 0.463 e. The molecule has 0 saturated carbocycles.